The summed E-state index contributed by atoms with van der Waals surface area (Å²) in [5, 5.41) is 0. The highest BCUT2D eigenvalue weighted by Crippen LogP contribution is 2.42. The molecule has 38 heavy (non-hydrogen) atoms. The second kappa shape index (κ2) is 10.3. The number of nitrogens with zero attached hydrogens (tertiary/aromatic N) is 5. The van der Waals surface area contributed by atoms with Crippen molar-refractivity contribution < 1.29 is 27.1 Å². The van der Waals surface area contributed by atoms with Gasteiger partial charge in [-0.2, -0.15) is 13.2 Å². The number of halogens is 4. The van der Waals surface area contributed by atoms with E-state index in [0.717, 1.165) is 17.8 Å². The van der Waals surface area contributed by atoms with E-state index in [1.54, 1.807) is 41.6 Å². The number of benzene rings is 2. The number of fused-ring (bicyclic) bond motifs is 1. The molecule has 2 aromatic carbocycles. The second-order valence-electron chi connectivity index (χ2n) is 9.01. The average Bonchev–Trinajstić information content (AvgIpc) is 2.93. The molecule has 0 saturated carbocycles. The molecule has 1 fully saturated rings. The van der Waals surface area contributed by atoms with Crippen LogP contribution in [0.5, 0.6) is 0 Å². The van der Waals surface area contributed by atoms with E-state index in [4.69, 9.17) is 9.73 Å². The van der Waals surface area contributed by atoms with Crippen molar-refractivity contribution in [3.63, 3.8) is 0 Å². The highest BCUT2D eigenvalue weighted by atomic mass is 19.4. The van der Waals surface area contributed by atoms with Gasteiger partial charge in [0.1, 0.15) is 5.82 Å². The van der Waals surface area contributed by atoms with Crippen LogP contribution in [0.15, 0.2) is 72.0 Å². The number of pyridine rings is 1. The van der Waals surface area contributed by atoms with Gasteiger partial charge in [-0.25, -0.2) is 9.38 Å². The number of carbonyl (C=O) groups is 1. The maximum atomic E-state index is 13.6. The Kier molecular flexibility index (Phi) is 6.92. The van der Waals surface area contributed by atoms with Crippen molar-refractivity contribution in [2.75, 3.05) is 43.1 Å². The molecule has 3 heterocycles. The van der Waals surface area contributed by atoms with E-state index in [1.165, 1.54) is 25.3 Å². The number of piperazine rings is 1. The molecule has 0 radical (unpaired) electrons. The predicted octanol–water partition coefficient (Wildman–Crippen LogP) is 5.17. The molecule has 0 spiro atoms. The van der Waals surface area contributed by atoms with Crippen molar-refractivity contribution in [2.45, 2.75) is 18.6 Å². The first-order chi connectivity index (χ1) is 18.2. The smallest absolute Gasteiger partial charge is 0.416 e. The van der Waals surface area contributed by atoms with Gasteiger partial charge in [-0.05, 0) is 48.5 Å². The van der Waals surface area contributed by atoms with Crippen LogP contribution in [0.4, 0.5) is 34.6 Å². The minimum atomic E-state index is -4.54. The van der Waals surface area contributed by atoms with Gasteiger partial charge in [-0.15, -0.1) is 0 Å². The van der Waals surface area contributed by atoms with Crippen LogP contribution >= 0.6 is 0 Å². The predicted molar refractivity (Wildman–Crippen MR) is 135 cm³/mol. The van der Waals surface area contributed by atoms with Crippen LogP contribution < -0.4 is 9.80 Å². The number of aliphatic imine (C=N–C) groups is 1. The fourth-order valence-electron chi connectivity index (χ4n) is 4.81. The van der Waals surface area contributed by atoms with E-state index in [9.17, 15) is 22.4 Å². The van der Waals surface area contributed by atoms with Crippen LogP contribution in [0, 0.1) is 5.82 Å². The van der Waals surface area contributed by atoms with E-state index >= 15 is 0 Å². The molecule has 0 bridgehead atoms. The summed E-state index contributed by atoms with van der Waals surface area (Å²) in [6, 6.07) is 12.3. The molecule has 7 nitrogen and oxygen atoms in total. The van der Waals surface area contributed by atoms with Gasteiger partial charge in [0.15, 0.2) is 0 Å². The Hall–Kier alpha value is -4.15. The Morgan fingerprint density at radius 2 is 1.71 bits per heavy atom. The first-order valence-corrected chi connectivity index (χ1v) is 12.1. The van der Waals surface area contributed by atoms with Gasteiger partial charge in [-0.3, -0.25) is 9.78 Å². The van der Waals surface area contributed by atoms with Crippen molar-refractivity contribution in [2.24, 2.45) is 4.99 Å². The first kappa shape index (κ1) is 25.5. The van der Waals surface area contributed by atoms with Crippen LogP contribution in [-0.4, -0.2) is 55.1 Å². The highest BCUT2D eigenvalue weighted by molar-refractivity contribution is 6.01. The number of guanidine groups is 1. The fourth-order valence-corrected chi connectivity index (χ4v) is 4.81. The van der Waals surface area contributed by atoms with Crippen LogP contribution in [0.1, 0.15) is 23.6 Å². The van der Waals surface area contributed by atoms with Gasteiger partial charge >= 0.3 is 12.1 Å². The van der Waals surface area contributed by atoms with Crippen molar-refractivity contribution in [3.8, 4) is 0 Å². The lowest BCUT2D eigenvalue weighted by Crippen LogP contribution is -2.55. The van der Waals surface area contributed by atoms with Gasteiger partial charge in [0, 0.05) is 55.5 Å². The van der Waals surface area contributed by atoms with E-state index in [2.05, 4.69) is 9.88 Å². The minimum Gasteiger partial charge on any atom is -0.469 e. The zero-order valence-electron chi connectivity index (χ0n) is 20.5. The first-order valence-electron chi connectivity index (χ1n) is 12.1. The van der Waals surface area contributed by atoms with E-state index in [0.29, 0.717) is 43.4 Å². The summed E-state index contributed by atoms with van der Waals surface area (Å²) >= 11 is 0. The fraction of sp³-hybridized carbons (Fsp3) is 0.296. The molecule has 0 amide bonds. The summed E-state index contributed by atoms with van der Waals surface area (Å²) < 4.78 is 59.2. The Labute approximate surface area is 217 Å². The second-order valence-corrected chi connectivity index (χ2v) is 9.01. The lowest BCUT2D eigenvalue weighted by Gasteiger charge is -2.45. The third-order valence-corrected chi connectivity index (χ3v) is 6.73. The number of ether oxygens (including phenoxy) is 1. The molecule has 3 aromatic rings. The van der Waals surface area contributed by atoms with Crippen LogP contribution in [0.3, 0.4) is 0 Å². The minimum absolute atomic E-state index is 0.111. The Morgan fingerprint density at radius 3 is 2.39 bits per heavy atom. The molecular weight excluding hydrogens is 502 g/mol. The Balaban J connectivity index is 1.54. The maximum absolute atomic E-state index is 13.6. The topological polar surface area (TPSA) is 61.3 Å². The summed E-state index contributed by atoms with van der Waals surface area (Å²) in [6.45, 7) is 2.20. The van der Waals surface area contributed by atoms with E-state index in [1.807, 2.05) is 4.90 Å². The third kappa shape index (κ3) is 5.13. The summed E-state index contributed by atoms with van der Waals surface area (Å²) in [5.41, 5.74) is 1.54. The Bertz CT molecular complexity index is 1340. The van der Waals surface area contributed by atoms with E-state index in [-0.39, 0.29) is 17.9 Å². The number of aromatic nitrogens is 1. The summed E-state index contributed by atoms with van der Waals surface area (Å²) in [4.78, 5) is 27.3. The number of hydrogen-bond donors (Lipinski definition) is 0. The Morgan fingerprint density at radius 1 is 1.00 bits per heavy atom. The van der Waals surface area contributed by atoms with Crippen molar-refractivity contribution in [1.82, 2.24) is 9.88 Å². The number of hydrogen-bond acceptors (Lipinski definition) is 7. The monoisotopic (exact) mass is 527 g/mol. The molecule has 2 aliphatic rings. The van der Waals surface area contributed by atoms with Crippen LogP contribution in [0.2, 0.25) is 0 Å². The number of anilines is 2. The zero-order valence-corrected chi connectivity index (χ0v) is 20.5. The molecule has 2 aliphatic heterocycles. The zero-order chi connectivity index (χ0) is 26.9. The average molecular weight is 528 g/mol. The lowest BCUT2D eigenvalue weighted by atomic mass is 9.99. The van der Waals surface area contributed by atoms with Crippen molar-refractivity contribution >= 4 is 29.0 Å². The molecule has 1 aromatic heterocycles. The molecule has 5 rings (SSSR count). The molecule has 1 saturated heterocycles. The molecule has 0 aliphatic carbocycles. The van der Waals surface area contributed by atoms with Gasteiger partial charge in [-0.1, -0.05) is 6.07 Å². The van der Waals surface area contributed by atoms with Gasteiger partial charge < -0.3 is 19.4 Å². The van der Waals surface area contributed by atoms with Crippen LogP contribution in [-0.2, 0) is 15.7 Å². The molecular formula is C27H25F4N5O2. The van der Waals surface area contributed by atoms with Crippen molar-refractivity contribution in [3.05, 3.63) is 83.9 Å². The maximum Gasteiger partial charge on any atom is 0.416 e. The van der Waals surface area contributed by atoms with Crippen molar-refractivity contribution in [1.29, 1.82) is 0 Å². The quantitative estimate of drug-likeness (QED) is 0.345. The van der Waals surface area contributed by atoms with E-state index < -0.39 is 23.8 Å². The molecule has 1 unspecified atom stereocenters. The molecule has 0 N–H and O–H groups in total. The number of alkyl halides is 3. The largest absolute Gasteiger partial charge is 0.469 e. The number of rotatable bonds is 4. The third-order valence-electron chi connectivity index (χ3n) is 6.73. The summed E-state index contributed by atoms with van der Waals surface area (Å²) in [7, 11) is 1.27. The van der Waals surface area contributed by atoms with Crippen LogP contribution in [0.25, 0.3) is 0 Å². The molecule has 11 heteroatoms. The van der Waals surface area contributed by atoms with Gasteiger partial charge in [0.25, 0.3) is 0 Å². The number of esters is 1. The normalized spacial score (nSPS) is 17.7. The molecule has 1 atom stereocenters. The van der Waals surface area contributed by atoms with Gasteiger partial charge in [0.2, 0.25) is 5.96 Å². The number of carbonyl (C=O) groups excluding carboxylic acids is 1. The standard InChI is InChI=1S/C27H25F4N5O2/c1-38-25(37)16-24-22-17-32-10-9-23(22)33-26(36(24)21-4-2-3-18(15-21)27(29,30)31)35-13-11-34(12-14-35)20-7-5-19(28)6-8-20/h2-10,15,17,24H,11-14,16H2,1H3. The SMILES string of the molecule is COC(=O)CC1c2cnccc2N=C(N2CCN(c3ccc(F)cc3)CC2)N1c1cccc(C(F)(F)F)c1. The molecule has 198 valence electrons. The highest BCUT2D eigenvalue weighted by Gasteiger charge is 2.38. The lowest BCUT2D eigenvalue weighted by molar-refractivity contribution is -0.141. The number of methoxy groups -OCH3 is 1. The summed E-state index contributed by atoms with van der Waals surface area (Å²) in [5.74, 6) is -0.384. The summed E-state index contributed by atoms with van der Waals surface area (Å²) in [6.07, 6.45) is -1.49. The van der Waals surface area contributed by atoms with Gasteiger partial charge in [0.05, 0.1) is 30.8 Å².